The molecule has 0 atom stereocenters. The second-order valence-electron chi connectivity index (χ2n) is 10.0. The summed E-state index contributed by atoms with van der Waals surface area (Å²) in [5.41, 5.74) is -0.0644. The number of halogens is 7. The van der Waals surface area contributed by atoms with Crippen LogP contribution in [-0.2, 0) is 45.0 Å². The van der Waals surface area contributed by atoms with Gasteiger partial charge in [-0.1, -0.05) is 63.2 Å². The number of amides is 3. The number of allylic oxidation sites excluding steroid dienone is 1. The molecule has 2 fully saturated rings. The molecule has 14 nitrogen and oxygen atoms in total. The van der Waals surface area contributed by atoms with Gasteiger partial charge in [-0.2, -0.15) is 17.0 Å². The predicted molar refractivity (Wildman–Crippen MR) is 209 cm³/mol. The maximum atomic E-state index is 13.1. The molecule has 2 aromatic carbocycles. The Morgan fingerprint density at radius 2 is 1.25 bits per heavy atom. The molecular weight excluding hydrogens is 880 g/mol. The van der Waals surface area contributed by atoms with Gasteiger partial charge < -0.3 is 14.4 Å². The first-order chi connectivity index (χ1) is 25.7. The van der Waals surface area contributed by atoms with Crippen molar-refractivity contribution in [1.29, 1.82) is 0 Å². The van der Waals surface area contributed by atoms with E-state index < -0.39 is 61.0 Å². The third-order valence-electron chi connectivity index (χ3n) is 6.65. The average Bonchev–Trinajstić information content (AvgIpc) is 3.77. The van der Waals surface area contributed by atoms with Crippen LogP contribution in [-0.4, -0.2) is 105 Å². The van der Waals surface area contributed by atoms with Crippen molar-refractivity contribution in [3.63, 3.8) is 0 Å². The zero-order valence-electron chi connectivity index (χ0n) is 29.7. The van der Waals surface area contributed by atoms with Gasteiger partial charge in [0.15, 0.2) is 0 Å². The number of sulfonamides is 1. The minimum Gasteiger partial charge on any atom is -0.447 e. The smallest absolute Gasteiger partial charge is 0.425 e. The van der Waals surface area contributed by atoms with Crippen molar-refractivity contribution in [3.05, 3.63) is 89.0 Å². The monoisotopic (exact) mass is 916 g/mol. The van der Waals surface area contributed by atoms with Gasteiger partial charge in [-0.15, -0.1) is 23.2 Å². The second-order valence-corrected chi connectivity index (χ2v) is 15.6. The lowest BCUT2D eigenvalue weighted by atomic mass is 10.2. The summed E-state index contributed by atoms with van der Waals surface area (Å²) in [6.07, 6.45) is -0.228. The molecule has 0 radical (unpaired) electrons. The average molecular weight is 919 g/mol. The number of anilines is 1. The molecule has 0 N–H and O–H groups in total. The SMILES string of the molecule is C=CC(=O)Cl.C=CC(=O)N(c1ccc(F)cc1Cl)S(=O)(=O)N1CCOC1=O.CCN(CC)CC.ClCCl.O=C1OCCN1S(=O)(=O)Cc1ccc(F)cc1Cl. The normalized spacial score (nSPS) is 13.3. The number of benzene rings is 2. The van der Waals surface area contributed by atoms with Crippen LogP contribution >= 0.6 is 58.0 Å². The Morgan fingerprint density at radius 1 is 0.818 bits per heavy atom. The lowest BCUT2D eigenvalue weighted by molar-refractivity contribution is -0.113. The maximum Gasteiger partial charge on any atom is 0.425 e. The molecule has 0 spiro atoms. The van der Waals surface area contributed by atoms with Gasteiger partial charge in [-0.3, -0.25) is 9.59 Å². The second kappa shape index (κ2) is 25.8. The molecule has 2 aromatic rings. The molecule has 55 heavy (non-hydrogen) atoms. The summed E-state index contributed by atoms with van der Waals surface area (Å²) < 4.78 is 85.2. The van der Waals surface area contributed by atoms with Crippen molar-refractivity contribution in [2.24, 2.45) is 0 Å². The summed E-state index contributed by atoms with van der Waals surface area (Å²) >= 11 is 25.8. The fourth-order valence-corrected chi connectivity index (χ4v) is 7.49. The number of nitrogens with zero attached hydrogens (tertiary/aromatic N) is 4. The molecule has 0 saturated carbocycles. The van der Waals surface area contributed by atoms with Crippen LogP contribution in [0.25, 0.3) is 0 Å². The Morgan fingerprint density at radius 3 is 1.60 bits per heavy atom. The highest BCUT2D eigenvalue weighted by Gasteiger charge is 2.41. The van der Waals surface area contributed by atoms with E-state index in [0.29, 0.717) is 8.61 Å². The highest BCUT2D eigenvalue weighted by Crippen LogP contribution is 2.31. The highest BCUT2D eigenvalue weighted by atomic mass is 35.5. The molecule has 2 aliphatic rings. The van der Waals surface area contributed by atoms with Gasteiger partial charge in [0.05, 0.1) is 34.9 Å². The van der Waals surface area contributed by atoms with E-state index in [1.807, 2.05) is 0 Å². The van der Waals surface area contributed by atoms with Gasteiger partial charge in [0.2, 0.25) is 15.3 Å². The van der Waals surface area contributed by atoms with Crippen LogP contribution in [0.2, 0.25) is 10.0 Å². The van der Waals surface area contributed by atoms with Crippen LogP contribution in [0.1, 0.15) is 26.3 Å². The Balaban J connectivity index is 0.000000785. The third-order valence-corrected chi connectivity index (χ3v) is 10.9. The van der Waals surface area contributed by atoms with E-state index >= 15 is 0 Å². The van der Waals surface area contributed by atoms with Gasteiger partial charge in [-0.05, 0) is 79.3 Å². The molecule has 2 saturated heterocycles. The van der Waals surface area contributed by atoms with E-state index in [9.17, 15) is 44.8 Å². The van der Waals surface area contributed by atoms with Gasteiger partial charge in [-0.25, -0.2) is 31.1 Å². The zero-order valence-corrected chi connectivity index (χ0v) is 35.1. The quantitative estimate of drug-likeness (QED) is 0.127. The largest absolute Gasteiger partial charge is 0.447 e. The lowest BCUT2D eigenvalue weighted by Gasteiger charge is -2.25. The molecule has 2 heterocycles. The minimum atomic E-state index is -4.59. The highest BCUT2D eigenvalue weighted by molar-refractivity contribution is 7.91. The van der Waals surface area contributed by atoms with Crippen LogP contribution in [0.5, 0.6) is 0 Å². The summed E-state index contributed by atoms with van der Waals surface area (Å²) in [4.78, 5) is 46.4. The van der Waals surface area contributed by atoms with E-state index in [-0.39, 0.29) is 57.2 Å². The third kappa shape index (κ3) is 17.2. The Bertz CT molecular complexity index is 1850. The first-order valence-electron chi connectivity index (χ1n) is 15.6. The number of rotatable bonds is 11. The minimum absolute atomic E-state index is 0.00568. The Kier molecular flexibility index (Phi) is 24.3. The molecule has 0 bridgehead atoms. The topological polar surface area (TPSA) is 168 Å². The lowest BCUT2D eigenvalue weighted by Crippen LogP contribution is -2.47. The van der Waals surface area contributed by atoms with Gasteiger partial charge in [0.25, 0.3) is 5.91 Å². The van der Waals surface area contributed by atoms with Gasteiger partial charge >= 0.3 is 22.4 Å². The molecule has 0 aliphatic carbocycles. The molecule has 3 amide bonds. The summed E-state index contributed by atoms with van der Waals surface area (Å²) in [6.45, 7) is 16.0. The standard InChI is InChI=1S/C12H10ClFN2O5S.C10H9ClFNO4S.C6H15N.C3H3ClO.CH2Cl2/c1-2-11(17)16(10-4-3-8(14)7-9(10)13)22(19,20)15-5-6-21-12(15)18;11-9-5-8(12)2-1-7(9)6-18(15,16)13-3-4-17-10(13)14;1-4-7(5-2)6-3;1-2-3(4)5;2-1-3/h2-4,7H,1,5-6H2;1-2,5H,3-4,6H2;4-6H2,1-3H3;2H,1H2;1H2. The van der Waals surface area contributed by atoms with E-state index in [1.165, 1.54) is 25.7 Å². The summed E-state index contributed by atoms with van der Waals surface area (Å²) in [5, 5.41) is -0.623. The van der Waals surface area contributed by atoms with Crippen molar-refractivity contribution < 1.29 is 54.3 Å². The van der Waals surface area contributed by atoms with Crippen molar-refractivity contribution in [1.82, 2.24) is 13.5 Å². The van der Waals surface area contributed by atoms with Gasteiger partial charge in [0.1, 0.15) is 24.8 Å². The van der Waals surface area contributed by atoms with E-state index in [4.69, 9.17) is 58.0 Å². The summed E-state index contributed by atoms with van der Waals surface area (Å²) in [5.74, 6) is -2.78. The van der Waals surface area contributed by atoms with Crippen LogP contribution in [0.3, 0.4) is 0 Å². The van der Waals surface area contributed by atoms with Crippen LogP contribution in [0, 0.1) is 11.6 Å². The summed E-state index contributed by atoms with van der Waals surface area (Å²) in [6, 6.07) is 6.20. The Labute approximate surface area is 344 Å². The fraction of sp³-hybridized carbons (Fsp3) is 0.375. The van der Waals surface area contributed by atoms with Crippen molar-refractivity contribution in [3.8, 4) is 0 Å². The molecular formula is C32H39Cl5F2N4O10S2. The van der Waals surface area contributed by atoms with E-state index in [0.717, 1.165) is 42.5 Å². The molecule has 2 aliphatic heterocycles. The summed E-state index contributed by atoms with van der Waals surface area (Å²) in [7, 11) is -8.43. The van der Waals surface area contributed by atoms with E-state index in [2.05, 4.69) is 48.3 Å². The molecule has 0 aromatic heterocycles. The number of alkyl halides is 2. The number of ether oxygens (including phenoxy) is 2. The van der Waals surface area contributed by atoms with Gasteiger partial charge in [0, 0.05) is 5.02 Å². The molecule has 0 unspecified atom stereocenters. The Hall–Kier alpha value is -3.23. The first kappa shape index (κ1) is 51.8. The van der Waals surface area contributed by atoms with Crippen molar-refractivity contribution in [2.75, 3.05) is 55.6 Å². The molecule has 4 rings (SSSR count). The van der Waals surface area contributed by atoms with Crippen molar-refractivity contribution in [2.45, 2.75) is 26.5 Å². The van der Waals surface area contributed by atoms with Crippen LogP contribution in [0.4, 0.5) is 24.1 Å². The number of hydrogen-bond donors (Lipinski definition) is 0. The van der Waals surface area contributed by atoms with E-state index in [1.54, 1.807) is 0 Å². The number of cyclic esters (lactones) is 2. The predicted octanol–water partition coefficient (Wildman–Crippen LogP) is 7.16. The number of hydrogen-bond acceptors (Lipinski definition) is 11. The number of carbonyl (C=O) groups excluding carboxylic acids is 4. The molecule has 308 valence electrons. The van der Waals surface area contributed by atoms with Crippen LogP contribution < -0.4 is 4.31 Å². The molecule has 23 heteroatoms. The van der Waals surface area contributed by atoms with Crippen molar-refractivity contribution >= 4 is 107 Å². The maximum absolute atomic E-state index is 13.1. The first-order valence-corrected chi connectivity index (χ1v) is 20.8. The van der Waals surface area contributed by atoms with Crippen LogP contribution in [0.15, 0.2) is 61.7 Å². The fourth-order valence-electron chi connectivity index (χ4n) is 3.99. The zero-order chi connectivity index (χ0) is 42.5. The number of carbonyl (C=O) groups is 4.